The molecule has 0 saturated carbocycles. The lowest BCUT2D eigenvalue weighted by Crippen LogP contribution is -2.23. The van der Waals surface area contributed by atoms with Gasteiger partial charge in [-0.2, -0.15) is 18.4 Å². The summed E-state index contributed by atoms with van der Waals surface area (Å²) in [5.41, 5.74) is -0.838. The summed E-state index contributed by atoms with van der Waals surface area (Å²) in [6.45, 7) is 0.0929. The highest BCUT2D eigenvalue weighted by Crippen LogP contribution is 2.25. The Balaban J connectivity index is 2.26. The van der Waals surface area contributed by atoms with Gasteiger partial charge in [0.2, 0.25) is 0 Å². The van der Waals surface area contributed by atoms with E-state index < -0.39 is 17.4 Å². The van der Waals surface area contributed by atoms with Gasteiger partial charge in [-0.25, -0.2) is 4.98 Å². The number of aromatic nitrogens is 2. The van der Waals surface area contributed by atoms with Crippen molar-refractivity contribution in [2.24, 2.45) is 0 Å². The van der Waals surface area contributed by atoms with E-state index in [0.29, 0.717) is 17.2 Å². The topological polar surface area (TPSA) is 58.7 Å². The third-order valence-electron chi connectivity index (χ3n) is 2.61. The lowest BCUT2D eigenvalue weighted by atomic mass is 10.1. The number of nitrogens with zero attached hydrogens (tertiary/aromatic N) is 3. The first-order valence-electron chi connectivity index (χ1n) is 5.53. The van der Waals surface area contributed by atoms with Gasteiger partial charge in [0.15, 0.2) is 5.69 Å². The number of rotatable bonds is 2. The van der Waals surface area contributed by atoms with E-state index in [1.54, 1.807) is 24.3 Å². The smallest absolute Gasteiger partial charge is 0.295 e. The van der Waals surface area contributed by atoms with Crippen LogP contribution in [0.3, 0.4) is 0 Å². The maximum atomic E-state index is 12.4. The van der Waals surface area contributed by atoms with Gasteiger partial charge in [-0.1, -0.05) is 12.1 Å². The number of benzene rings is 1. The Morgan fingerprint density at radius 1 is 1.25 bits per heavy atom. The molecule has 0 amide bonds. The van der Waals surface area contributed by atoms with Crippen molar-refractivity contribution < 1.29 is 13.2 Å². The zero-order valence-corrected chi connectivity index (χ0v) is 10.1. The van der Waals surface area contributed by atoms with Crippen LogP contribution in [-0.4, -0.2) is 9.55 Å². The standard InChI is InChI=1S/C13H8F3N3O/c14-13(15,16)11-5-12(20)19(8-18-11)7-10-3-1-9(6-17)2-4-10/h1-5,8H,7H2. The van der Waals surface area contributed by atoms with E-state index in [0.717, 1.165) is 10.9 Å². The summed E-state index contributed by atoms with van der Waals surface area (Å²) in [5, 5.41) is 8.65. The van der Waals surface area contributed by atoms with Crippen molar-refractivity contribution in [2.45, 2.75) is 12.7 Å². The lowest BCUT2D eigenvalue weighted by Gasteiger charge is -2.08. The van der Waals surface area contributed by atoms with Crippen LogP contribution in [0, 0.1) is 11.3 Å². The third-order valence-corrected chi connectivity index (χ3v) is 2.61. The van der Waals surface area contributed by atoms with Crippen LogP contribution < -0.4 is 5.56 Å². The largest absolute Gasteiger partial charge is 0.433 e. The summed E-state index contributed by atoms with van der Waals surface area (Å²) >= 11 is 0. The van der Waals surface area contributed by atoms with Gasteiger partial charge in [0.25, 0.3) is 5.56 Å². The van der Waals surface area contributed by atoms with Gasteiger partial charge in [-0.15, -0.1) is 0 Å². The van der Waals surface area contributed by atoms with E-state index in [-0.39, 0.29) is 6.54 Å². The SMILES string of the molecule is N#Cc1ccc(Cn2cnc(C(F)(F)F)cc2=O)cc1. The molecule has 1 heterocycles. The molecule has 0 saturated heterocycles. The third kappa shape index (κ3) is 3.03. The molecule has 4 nitrogen and oxygen atoms in total. The Hall–Kier alpha value is -2.62. The van der Waals surface area contributed by atoms with Gasteiger partial charge in [-0.05, 0) is 17.7 Å². The number of alkyl halides is 3. The summed E-state index contributed by atoms with van der Waals surface area (Å²) in [7, 11) is 0. The predicted octanol–water partition coefficient (Wildman–Crippen LogP) is 2.18. The second-order valence-corrected chi connectivity index (χ2v) is 4.05. The van der Waals surface area contributed by atoms with Crippen molar-refractivity contribution in [3.05, 3.63) is 63.8 Å². The number of nitriles is 1. The normalized spacial score (nSPS) is 11.1. The highest BCUT2D eigenvalue weighted by atomic mass is 19.4. The average molecular weight is 279 g/mol. The quantitative estimate of drug-likeness (QED) is 0.846. The summed E-state index contributed by atoms with van der Waals surface area (Å²) in [5.74, 6) is 0. The number of hydrogen-bond acceptors (Lipinski definition) is 3. The molecule has 1 aromatic heterocycles. The van der Waals surface area contributed by atoms with Crippen molar-refractivity contribution in [2.75, 3.05) is 0 Å². The van der Waals surface area contributed by atoms with E-state index in [1.165, 1.54) is 0 Å². The van der Waals surface area contributed by atoms with Gasteiger partial charge >= 0.3 is 6.18 Å². The molecule has 1 aromatic carbocycles. The fourth-order valence-electron chi connectivity index (χ4n) is 1.58. The number of hydrogen-bond donors (Lipinski definition) is 0. The van der Waals surface area contributed by atoms with Crippen LogP contribution in [0.2, 0.25) is 0 Å². The maximum absolute atomic E-state index is 12.4. The van der Waals surface area contributed by atoms with Crippen molar-refractivity contribution in [1.29, 1.82) is 5.26 Å². The van der Waals surface area contributed by atoms with Crippen LogP contribution in [0.4, 0.5) is 13.2 Å². The molecule has 2 aromatic rings. The Bertz CT molecular complexity index is 711. The van der Waals surface area contributed by atoms with E-state index in [9.17, 15) is 18.0 Å². The molecule has 0 bridgehead atoms. The van der Waals surface area contributed by atoms with Gasteiger partial charge in [0.05, 0.1) is 24.5 Å². The molecule has 0 fully saturated rings. The molecule has 0 aliphatic rings. The maximum Gasteiger partial charge on any atom is 0.433 e. The minimum atomic E-state index is -4.63. The highest BCUT2D eigenvalue weighted by molar-refractivity contribution is 5.31. The number of halogens is 3. The molecular weight excluding hydrogens is 271 g/mol. The first-order valence-corrected chi connectivity index (χ1v) is 5.53. The molecule has 7 heteroatoms. The molecule has 0 spiro atoms. The lowest BCUT2D eigenvalue weighted by molar-refractivity contribution is -0.141. The first-order chi connectivity index (χ1) is 9.40. The Morgan fingerprint density at radius 3 is 2.40 bits per heavy atom. The van der Waals surface area contributed by atoms with E-state index >= 15 is 0 Å². The van der Waals surface area contributed by atoms with Gasteiger partial charge in [-0.3, -0.25) is 9.36 Å². The molecule has 2 rings (SSSR count). The van der Waals surface area contributed by atoms with Gasteiger partial charge in [0, 0.05) is 6.07 Å². The molecule has 0 radical (unpaired) electrons. The zero-order valence-electron chi connectivity index (χ0n) is 10.1. The van der Waals surface area contributed by atoms with Gasteiger partial charge < -0.3 is 0 Å². The van der Waals surface area contributed by atoms with E-state index in [4.69, 9.17) is 5.26 Å². The monoisotopic (exact) mass is 279 g/mol. The average Bonchev–Trinajstić information content (AvgIpc) is 2.41. The minimum absolute atomic E-state index is 0.0929. The van der Waals surface area contributed by atoms with E-state index in [2.05, 4.69) is 4.98 Å². The highest BCUT2D eigenvalue weighted by Gasteiger charge is 2.32. The second kappa shape index (κ2) is 5.17. The Labute approximate surface area is 111 Å². The molecule has 20 heavy (non-hydrogen) atoms. The van der Waals surface area contributed by atoms with Gasteiger partial charge in [0.1, 0.15) is 0 Å². The predicted molar refractivity (Wildman–Crippen MR) is 63.8 cm³/mol. The van der Waals surface area contributed by atoms with E-state index in [1.807, 2.05) is 6.07 Å². The van der Waals surface area contributed by atoms with Crippen LogP contribution in [0.1, 0.15) is 16.8 Å². The molecular formula is C13H8F3N3O. The molecule has 0 unspecified atom stereocenters. The van der Waals surface area contributed by atoms with Crippen LogP contribution >= 0.6 is 0 Å². The van der Waals surface area contributed by atoms with Crippen LogP contribution in [0.25, 0.3) is 0 Å². The Morgan fingerprint density at radius 2 is 1.90 bits per heavy atom. The fraction of sp³-hybridized carbons (Fsp3) is 0.154. The summed E-state index contributed by atoms with van der Waals surface area (Å²) in [4.78, 5) is 14.8. The molecule has 0 aliphatic carbocycles. The van der Waals surface area contributed by atoms with Crippen molar-refractivity contribution in [3.63, 3.8) is 0 Å². The summed E-state index contributed by atoms with van der Waals surface area (Å²) in [6, 6.07) is 8.80. The second-order valence-electron chi connectivity index (χ2n) is 4.05. The van der Waals surface area contributed by atoms with Crippen molar-refractivity contribution in [1.82, 2.24) is 9.55 Å². The van der Waals surface area contributed by atoms with Crippen LogP contribution in [0.5, 0.6) is 0 Å². The minimum Gasteiger partial charge on any atom is -0.295 e. The van der Waals surface area contributed by atoms with Crippen molar-refractivity contribution >= 4 is 0 Å². The zero-order chi connectivity index (χ0) is 14.8. The summed E-state index contributed by atoms with van der Waals surface area (Å²) in [6.07, 6.45) is -3.77. The molecule has 0 N–H and O–H groups in total. The molecule has 0 atom stereocenters. The van der Waals surface area contributed by atoms with Crippen LogP contribution in [-0.2, 0) is 12.7 Å². The molecule has 0 aliphatic heterocycles. The molecule has 102 valence electrons. The summed E-state index contributed by atoms with van der Waals surface area (Å²) < 4.78 is 38.2. The first kappa shape index (κ1) is 13.8. The fourth-order valence-corrected chi connectivity index (χ4v) is 1.58. The Kier molecular flexibility index (Phi) is 3.57. The van der Waals surface area contributed by atoms with Crippen molar-refractivity contribution in [3.8, 4) is 6.07 Å². The van der Waals surface area contributed by atoms with Crippen LogP contribution in [0.15, 0.2) is 41.5 Å².